The largest absolute Gasteiger partial charge is 0.493 e. The topological polar surface area (TPSA) is 54.0 Å². The molecule has 0 saturated carbocycles. The van der Waals surface area contributed by atoms with E-state index < -0.39 is 5.97 Å². The minimum atomic E-state index is -0.398. The molecule has 0 atom stereocenters. The Labute approximate surface area is 147 Å². The highest BCUT2D eigenvalue weighted by molar-refractivity contribution is 5.87. The first kappa shape index (κ1) is 18.4. The lowest BCUT2D eigenvalue weighted by atomic mass is 10.1. The second kappa shape index (κ2) is 9.37. The number of ether oxygens (including phenoxy) is 4. The summed E-state index contributed by atoms with van der Waals surface area (Å²) < 4.78 is 21.1. The smallest absolute Gasteiger partial charge is 0.330 e. The molecule has 0 heterocycles. The number of benzene rings is 2. The Morgan fingerprint density at radius 1 is 0.960 bits per heavy atom. The Hall–Kier alpha value is -2.95. The van der Waals surface area contributed by atoms with Crippen LogP contribution in [0.1, 0.15) is 11.1 Å². The molecule has 0 fully saturated rings. The number of hydrogen-bond donors (Lipinski definition) is 0. The van der Waals surface area contributed by atoms with Crippen LogP contribution in [0.3, 0.4) is 0 Å². The van der Waals surface area contributed by atoms with Crippen molar-refractivity contribution in [2.24, 2.45) is 0 Å². The molecule has 0 radical (unpaired) electrons. The molecular formula is C20H22O5. The summed E-state index contributed by atoms with van der Waals surface area (Å²) in [4.78, 5) is 11.8. The maximum absolute atomic E-state index is 11.8. The molecular weight excluding hydrogens is 320 g/mol. The lowest BCUT2D eigenvalue weighted by molar-refractivity contribution is -0.137. The average molecular weight is 342 g/mol. The minimum Gasteiger partial charge on any atom is -0.493 e. The van der Waals surface area contributed by atoms with Crippen LogP contribution in [0.15, 0.2) is 48.5 Å². The van der Waals surface area contributed by atoms with E-state index in [-0.39, 0.29) is 0 Å². The van der Waals surface area contributed by atoms with E-state index in [1.54, 1.807) is 39.5 Å². The Morgan fingerprint density at radius 3 is 2.16 bits per heavy atom. The second-order valence-corrected chi connectivity index (χ2v) is 5.20. The molecule has 5 heteroatoms. The molecule has 2 rings (SSSR count). The molecule has 0 bridgehead atoms. The van der Waals surface area contributed by atoms with Crippen LogP contribution in [-0.2, 0) is 16.0 Å². The third-order valence-electron chi connectivity index (χ3n) is 3.58. The van der Waals surface area contributed by atoms with E-state index in [0.717, 1.165) is 11.1 Å². The standard InChI is InChI=1S/C20H22O5/c1-22-17-13-16(14-18(23-2)20(17)24-3)9-10-19(21)25-12-11-15-7-5-4-6-8-15/h4-10,13-14H,11-12H2,1-3H3/b10-9+. The fraction of sp³-hybridized carbons (Fsp3) is 0.250. The quantitative estimate of drug-likeness (QED) is 0.543. The maximum Gasteiger partial charge on any atom is 0.330 e. The zero-order valence-corrected chi connectivity index (χ0v) is 14.7. The van der Waals surface area contributed by atoms with Gasteiger partial charge in [-0.1, -0.05) is 30.3 Å². The zero-order valence-electron chi connectivity index (χ0n) is 14.7. The van der Waals surface area contributed by atoms with E-state index in [1.807, 2.05) is 30.3 Å². The summed E-state index contributed by atoms with van der Waals surface area (Å²) in [5.74, 6) is 1.16. The molecule has 0 aromatic heterocycles. The van der Waals surface area contributed by atoms with Gasteiger partial charge in [0.1, 0.15) is 0 Å². The first-order valence-corrected chi connectivity index (χ1v) is 7.86. The summed E-state index contributed by atoms with van der Waals surface area (Å²) in [6.45, 7) is 0.336. The summed E-state index contributed by atoms with van der Waals surface area (Å²) in [7, 11) is 4.63. The first-order valence-electron chi connectivity index (χ1n) is 7.86. The van der Waals surface area contributed by atoms with Crippen molar-refractivity contribution >= 4 is 12.0 Å². The summed E-state index contributed by atoms with van der Waals surface area (Å²) in [5.41, 5.74) is 1.87. The average Bonchev–Trinajstić information content (AvgIpc) is 2.66. The van der Waals surface area contributed by atoms with Crippen LogP contribution in [0.2, 0.25) is 0 Å². The third kappa shape index (κ3) is 5.28. The Balaban J connectivity index is 1.97. The van der Waals surface area contributed by atoms with E-state index in [9.17, 15) is 4.79 Å². The molecule has 0 aliphatic heterocycles. The van der Waals surface area contributed by atoms with Gasteiger partial charge in [-0.05, 0) is 29.3 Å². The zero-order chi connectivity index (χ0) is 18.1. The number of esters is 1. The van der Waals surface area contributed by atoms with Crippen LogP contribution in [0.25, 0.3) is 6.08 Å². The Bertz CT molecular complexity index is 697. The van der Waals surface area contributed by atoms with Crippen LogP contribution in [0.5, 0.6) is 17.2 Å². The van der Waals surface area contributed by atoms with Crippen molar-refractivity contribution in [3.05, 3.63) is 59.7 Å². The van der Waals surface area contributed by atoms with Gasteiger partial charge in [0.05, 0.1) is 27.9 Å². The SMILES string of the molecule is COc1cc(/C=C/C(=O)OCCc2ccccc2)cc(OC)c1OC. The molecule has 2 aromatic carbocycles. The van der Waals surface area contributed by atoms with E-state index in [2.05, 4.69) is 0 Å². The molecule has 0 amide bonds. The monoisotopic (exact) mass is 342 g/mol. The summed E-state index contributed by atoms with van der Waals surface area (Å²) in [6, 6.07) is 13.4. The van der Waals surface area contributed by atoms with Crippen molar-refractivity contribution in [1.82, 2.24) is 0 Å². The Morgan fingerprint density at radius 2 is 1.60 bits per heavy atom. The van der Waals surface area contributed by atoms with E-state index >= 15 is 0 Å². The van der Waals surface area contributed by atoms with Gasteiger partial charge >= 0.3 is 5.97 Å². The van der Waals surface area contributed by atoms with Gasteiger partial charge in [0.2, 0.25) is 5.75 Å². The first-order chi connectivity index (χ1) is 12.2. The fourth-order valence-corrected chi connectivity index (χ4v) is 2.32. The van der Waals surface area contributed by atoms with Gasteiger partial charge in [0, 0.05) is 12.5 Å². The lowest BCUT2D eigenvalue weighted by Crippen LogP contribution is -2.04. The van der Waals surface area contributed by atoms with Crippen molar-refractivity contribution in [1.29, 1.82) is 0 Å². The van der Waals surface area contributed by atoms with Crippen LogP contribution in [0, 0.1) is 0 Å². The molecule has 25 heavy (non-hydrogen) atoms. The minimum absolute atomic E-state index is 0.336. The molecule has 132 valence electrons. The molecule has 0 aliphatic rings. The normalized spacial score (nSPS) is 10.5. The van der Waals surface area contributed by atoms with E-state index in [4.69, 9.17) is 18.9 Å². The van der Waals surface area contributed by atoms with Crippen molar-refractivity contribution in [3.8, 4) is 17.2 Å². The molecule has 0 unspecified atom stereocenters. The summed E-state index contributed by atoms with van der Waals surface area (Å²) in [5, 5.41) is 0. The number of carbonyl (C=O) groups excluding carboxylic acids is 1. The van der Waals surface area contributed by atoms with Crippen LogP contribution in [-0.4, -0.2) is 33.9 Å². The van der Waals surface area contributed by atoms with Gasteiger partial charge in [0.25, 0.3) is 0 Å². The van der Waals surface area contributed by atoms with Gasteiger partial charge in [-0.25, -0.2) is 4.79 Å². The second-order valence-electron chi connectivity index (χ2n) is 5.20. The van der Waals surface area contributed by atoms with Gasteiger partial charge in [-0.15, -0.1) is 0 Å². The summed E-state index contributed by atoms with van der Waals surface area (Å²) in [6.07, 6.45) is 3.71. The molecule has 2 aromatic rings. The number of rotatable bonds is 8. The fourth-order valence-electron chi connectivity index (χ4n) is 2.32. The van der Waals surface area contributed by atoms with Crippen molar-refractivity contribution in [2.45, 2.75) is 6.42 Å². The van der Waals surface area contributed by atoms with Gasteiger partial charge in [0.15, 0.2) is 11.5 Å². The number of methoxy groups -OCH3 is 3. The summed E-state index contributed by atoms with van der Waals surface area (Å²) >= 11 is 0. The number of carbonyl (C=O) groups is 1. The Kier molecular flexibility index (Phi) is 6.89. The van der Waals surface area contributed by atoms with Crippen molar-refractivity contribution < 1.29 is 23.7 Å². The van der Waals surface area contributed by atoms with Gasteiger partial charge in [-0.3, -0.25) is 0 Å². The van der Waals surface area contributed by atoms with Crippen LogP contribution < -0.4 is 14.2 Å². The van der Waals surface area contributed by atoms with E-state index in [0.29, 0.717) is 30.3 Å². The van der Waals surface area contributed by atoms with Crippen LogP contribution >= 0.6 is 0 Å². The molecule has 0 N–H and O–H groups in total. The van der Waals surface area contributed by atoms with Crippen molar-refractivity contribution in [3.63, 3.8) is 0 Å². The van der Waals surface area contributed by atoms with Gasteiger partial charge in [-0.2, -0.15) is 0 Å². The highest BCUT2D eigenvalue weighted by Crippen LogP contribution is 2.38. The van der Waals surface area contributed by atoms with Crippen molar-refractivity contribution in [2.75, 3.05) is 27.9 Å². The van der Waals surface area contributed by atoms with E-state index in [1.165, 1.54) is 6.08 Å². The molecule has 0 saturated heterocycles. The molecule has 5 nitrogen and oxygen atoms in total. The number of hydrogen-bond acceptors (Lipinski definition) is 5. The predicted octanol–water partition coefficient (Wildman–Crippen LogP) is 3.51. The highest BCUT2D eigenvalue weighted by Gasteiger charge is 2.12. The lowest BCUT2D eigenvalue weighted by Gasteiger charge is -2.12. The molecule has 0 aliphatic carbocycles. The van der Waals surface area contributed by atoms with Gasteiger partial charge < -0.3 is 18.9 Å². The highest BCUT2D eigenvalue weighted by atomic mass is 16.5. The third-order valence-corrected chi connectivity index (χ3v) is 3.58. The molecule has 0 spiro atoms. The van der Waals surface area contributed by atoms with Crippen LogP contribution in [0.4, 0.5) is 0 Å². The maximum atomic E-state index is 11.8. The predicted molar refractivity (Wildman–Crippen MR) is 96.2 cm³/mol.